The minimum absolute atomic E-state index is 0.117. The van der Waals surface area contributed by atoms with Crippen LogP contribution in [-0.4, -0.2) is 24.6 Å². The maximum atomic E-state index is 11.9. The summed E-state index contributed by atoms with van der Waals surface area (Å²) < 4.78 is 10.5. The van der Waals surface area contributed by atoms with E-state index in [1.165, 1.54) is 0 Å². The Morgan fingerprint density at radius 2 is 2.10 bits per heavy atom. The average Bonchev–Trinajstić information content (AvgIpc) is 2.53. The predicted molar refractivity (Wildman–Crippen MR) is 79.2 cm³/mol. The van der Waals surface area contributed by atoms with Crippen LogP contribution in [0.4, 0.5) is 5.82 Å². The molecule has 21 heavy (non-hydrogen) atoms. The Kier molecular flexibility index (Phi) is 5.11. The topological polar surface area (TPSA) is 86.5 Å². The zero-order valence-electron chi connectivity index (χ0n) is 11.7. The number of nitrogens with zero attached hydrogens (tertiary/aromatic N) is 1. The average molecular weight is 287 g/mol. The van der Waals surface area contributed by atoms with Gasteiger partial charge in [0, 0.05) is 24.4 Å². The fraction of sp³-hybridized carbons (Fsp3) is 0.200. The van der Waals surface area contributed by atoms with E-state index in [2.05, 4.69) is 10.3 Å². The van der Waals surface area contributed by atoms with Crippen LogP contribution in [0.15, 0.2) is 42.6 Å². The second-order valence-electron chi connectivity index (χ2n) is 4.23. The van der Waals surface area contributed by atoms with Gasteiger partial charge >= 0.3 is 0 Å². The van der Waals surface area contributed by atoms with Gasteiger partial charge in [-0.05, 0) is 18.2 Å². The number of hydrogen-bond donors (Lipinski definition) is 2. The van der Waals surface area contributed by atoms with Crippen molar-refractivity contribution in [3.05, 3.63) is 48.2 Å². The number of nitrogens with one attached hydrogen (secondary N) is 1. The van der Waals surface area contributed by atoms with Crippen LogP contribution < -0.4 is 20.5 Å². The first-order chi connectivity index (χ1) is 10.2. The molecule has 110 valence electrons. The largest absolute Gasteiger partial charge is 0.497 e. The molecule has 1 amide bonds. The van der Waals surface area contributed by atoms with E-state index < -0.39 is 0 Å². The Hall–Kier alpha value is -2.60. The molecule has 2 aromatic rings. The zero-order chi connectivity index (χ0) is 15.1. The van der Waals surface area contributed by atoms with Crippen LogP contribution in [-0.2, 0) is 11.3 Å². The van der Waals surface area contributed by atoms with E-state index in [1.54, 1.807) is 43.6 Å². The molecular formula is C15H17N3O3. The van der Waals surface area contributed by atoms with Crippen molar-refractivity contribution in [1.82, 2.24) is 4.98 Å². The fourth-order valence-electron chi connectivity index (χ4n) is 1.72. The standard InChI is InChI=1S/C15H17N3O3/c1-20-12-5-2-6-13(8-12)21-10-14(19)18-15-11(9-16)4-3-7-17-15/h2-8H,9-10,16H2,1H3,(H,17,18,19). The van der Waals surface area contributed by atoms with Crippen molar-refractivity contribution in [2.75, 3.05) is 19.0 Å². The van der Waals surface area contributed by atoms with Crippen LogP contribution in [0.1, 0.15) is 5.56 Å². The summed E-state index contributed by atoms with van der Waals surface area (Å²) in [4.78, 5) is 15.9. The minimum atomic E-state index is -0.300. The van der Waals surface area contributed by atoms with Crippen molar-refractivity contribution < 1.29 is 14.3 Å². The number of methoxy groups -OCH3 is 1. The predicted octanol–water partition coefficient (Wildman–Crippen LogP) is 1.57. The quantitative estimate of drug-likeness (QED) is 0.842. The van der Waals surface area contributed by atoms with Crippen LogP contribution in [0, 0.1) is 0 Å². The Bertz CT molecular complexity index is 617. The summed E-state index contributed by atoms with van der Waals surface area (Å²) in [5, 5.41) is 2.67. The maximum absolute atomic E-state index is 11.9. The van der Waals surface area contributed by atoms with Gasteiger partial charge in [-0.2, -0.15) is 0 Å². The van der Waals surface area contributed by atoms with Crippen molar-refractivity contribution in [3.63, 3.8) is 0 Å². The molecule has 0 fully saturated rings. The molecule has 0 atom stereocenters. The smallest absolute Gasteiger partial charge is 0.263 e. The Morgan fingerprint density at radius 3 is 2.86 bits per heavy atom. The number of carbonyl (C=O) groups is 1. The van der Waals surface area contributed by atoms with Gasteiger partial charge in [-0.15, -0.1) is 0 Å². The Morgan fingerprint density at radius 1 is 1.29 bits per heavy atom. The molecule has 3 N–H and O–H groups in total. The Labute approximate surface area is 122 Å². The highest BCUT2D eigenvalue weighted by atomic mass is 16.5. The zero-order valence-corrected chi connectivity index (χ0v) is 11.7. The number of ether oxygens (including phenoxy) is 2. The van der Waals surface area contributed by atoms with E-state index in [0.29, 0.717) is 23.9 Å². The summed E-state index contributed by atoms with van der Waals surface area (Å²) in [7, 11) is 1.57. The monoisotopic (exact) mass is 287 g/mol. The van der Waals surface area contributed by atoms with Gasteiger partial charge in [0.05, 0.1) is 7.11 Å². The van der Waals surface area contributed by atoms with E-state index in [1.807, 2.05) is 6.07 Å². The van der Waals surface area contributed by atoms with Crippen LogP contribution >= 0.6 is 0 Å². The molecule has 0 aliphatic carbocycles. The molecule has 0 aliphatic rings. The van der Waals surface area contributed by atoms with Crippen LogP contribution in [0.2, 0.25) is 0 Å². The summed E-state index contributed by atoms with van der Waals surface area (Å²) in [6.45, 7) is 0.188. The lowest BCUT2D eigenvalue weighted by molar-refractivity contribution is -0.118. The molecule has 0 saturated heterocycles. The number of pyridine rings is 1. The van der Waals surface area contributed by atoms with Crippen LogP contribution in [0.25, 0.3) is 0 Å². The molecule has 0 radical (unpaired) electrons. The normalized spacial score (nSPS) is 10.0. The van der Waals surface area contributed by atoms with Crippen LogP contribution in [0.5, 0.6) is 11.5 Å². The molecule has 1 aromatic heterocycles. The molecule has 1 aromatic carbocycles. The second kappa shape index (κ2) is 7.25. The molecule has 2 rings (SSSR count). The van der Waals surface area contributed by atoms with E-state index in [4.69, 9.17) is 15.2 Å². The number of amides is 1. The van der Waals surface area contributed by atoms with Gasteiger partial charge in [0.25, 0.3) is 5.91 Å². The first kappa shape index (κ1) is 14.8. The molecule has 6 nitrogen and oxygen atoms in total. The summed E-state index contributed by atoms with van der Waals surface area (Å²) in [5.74, 6) is 1.39. The maximum Gasteiger partial charge on any atom is 0.263 e. The molecule has 0 saturated carbocycles. The van der Waals surface area contributed by atoms with Crippen molar-refractivity contribution in [3.8, 4) is 11.5 Å². The van der Waals surface area contributed by atoms with Gasteiger partial charge in [-0.3, -0.25) is 4.79 Å². The van der Waals surface area contributed by atoms with Crippen molar-refractivity contribution in [2.45, 2.75) is 6.54 Å². The number of rotatable bonds is 6. The number of carbonyl (C=O) groups excluding carboxylic acids is 1. The number of aromatic nitrogens is 1. The molecular weight excluding hydrogens is 270 g/mol. The van der Waals surface area contributed by atoms with Gasteiger partial charge in [0.1, 0.15) is 17.3 Å². The minimum Gasteiger partial charge on any atom is -0.497 e. The number of hydrogen-bond acceptors (Lipinski definition) is 5. The highest BCUT2D eigenvalue weighted by Crippen LogP contribution is 2.18. The first-order valence-corrected chi connectivity index (χ1v) is 6.43. The van der Waals surface area contributed by atoms with E-state index in [-0.39, 0.29) is 12.5 Å². The third-order valence-electron chi connectivity index (χ3n) is 2.78. The van der Waals surface area contributed by atoms with E-state index in [9.17, 15) is 4.79 Å². The number of benzene rings is 1. The summed E-state index contributed by atoms with van der Waals surface area (Å²) >= 11 is 0. The lowest BCUT2D eigenvalue weighted by Gasteiger charge is -2.10. The fourth-order valence-corrected chi connectivity index (χ4v) is 1.72. The van der Waals surface area contributed by atoms with Crippen LogP contribution in [0.3, 0.4) is 0 Å². The van der Waals surface area contributed by atoms with Gasteiger partial charge in [0.15, 0.2) is 6.61 Å². The highest BCUT2D eigenvalue weighted by Gasteiger charge is 2.08. The SMILES string of the molecule is COc1cccc(OCC(=O)Nc2ncccc2CN)c1. The highest BCUT2D eigenvalue weighted by molar-refractivity contribution is 5.91. The molecule has 0 spiro atoms. The number of nitrogens with two attached hydrogens (primary N) is 1. The lowest BCUT2D eigenvalue weighted by Crippen LogP contribution is -2.22. The molecule has 1 heterocycles. The van der Waals surface area contributed by atoms with Crippen molar-refractivity contribution >= 4 is 11.7 Å². The van der Waals surface area contributed by atoms with Crippen molar-refractivity contribution in [1.29, 1.82) is 0 Å². The Balaban J connectivity index is 1.92. The molecule has 6 heteroatoms. The van der Waals surface area contributed by atoms with Crippen molar-refractivity contribution in [2.24, 2.45) is 5.73 Å². The summed E-state index contributed by atoms with van der Waals surface area (Å²) in [5.41, 5.74) is 6.36. The molecule has 0 bridgehead atoms. The molecule has 0 unspecified atom stereocenters. The van der Waals surface area contributed by atoms with E-state index >= 15 is 0 Å². The summed E-state index contributed by atoms with van der Waals surface area (Å²) in [6.07, 6.45) is 1.59. The second-order valence-corrected chi connectivity index (χ2v) is 4.23. The van der Waals surface area contributed by atoms with Gasteiger partial charge in [-0.25, -0.2) is 4.98 Å². The van der Waals surface area contributed by atoms with Gasteiger partial charge in [0.2, 0.25) is 0 Å². The lowest BCUT2D eigenvalue weighted by atomic mass is 10.2. The van der Waals surface area contributed by atoms with E-state index in [0.717, 1.165) is 5.56 Å². The van der Waals surface area contributed by atoms with Gasteiger partial charge in [-0.1, -0.05) is 12.1 Å². The molecule has 0 aliphatic heterocycles. The van der Waals surface area contributed by atoms with Gasteiger partial charge < -0.3 is 20.5 Å². The third-order valence-corrected chi connectivity index (χ3v) is 2.78. The first-order valence-electron chi connectivity index (χ1n) is 6.43. The number of anilines is 1. The third kappa shape index (κ3) is 4.19. The summed E-state index contributed by atoms with van der Waals surface area (Å²) in [6, 6.07) is 10.6.